The zero-order valence-electron chi connectivity index (χ0n) is 16.5. The van der Waals surface area contributed by atoms with Crippen LogP contribution in [0.3, 0.4) is 0 Å². The van der Waals surface area contributed by atoms with E-state index in [1.807, 2.05) is 36.4 Å². The lowest BCUT2D eigenvalue weighted by molar-refractivity contribution is -0.120. The van der Waals surface area contributed by atoms with Crippen LogP contribution in [0.5, 0.6) is 11.5 Å². The molecule has 0 spiro atoms. The Morgan fingerprint density at radius 3 is 2.76 bits per heavy atom. The second-order valence-electron chi connectivity index (χ2n) is 7.39. The Kier molecular flexibility index (Phi) is 5.86. The predicted octanol–water partition coefficient (Wildman–Crippen LogP) is 4.79. The summed E-state index contributed by atoms with van der Waals surface area (Å²) in [6.07, 6.45) is 5.24. The summed E-state index contributed by atoms with van der Waals surface area (Å²) in [6.45, 7) is 3.80. The van der Waals surface area contributed by atoms with Crippen molar-refractivity contribution in [1.29, 1.82) is 0 Å². The van der Waals surface area contributed by atoms with E-state index in [4.69, 9.17) is 4.74 Å². The van der Waals surface area contributed by atoms with Gasteiger partial charge in [-0.25, -0.2) is 0 Å². The molecule has 1 atom stereocenters. The van der Waals surface area contributed by atoms with Gasteiger partial charge in [-0.1, -0.05) is 42.0 Å². The Morgan fingerprint density at radius 1 is 1.14 bits per heavy atom. The molecule has 4 rings (SSSR count). The van der Waals surface area contributed by atoms with E-state index >= 15 is 0 Å². The van der Waals surface area contributed by atoms with Crippen LogP contribution in [0.25, 0.3) is 0 Å². The molecule has 1 amide bonds. The molecular weight excluding hydrogens is 362 g/mol. The number of hydrogen-bond acceptors (Lipinski definition) is 4. The largest absolute Gasteiger partial charge is 0.454 e. The number of rotatable bonds is 6. The summed E-state index contributed by atoms with van der Waals surface area (Å²) in [6, 6.07) is 19.5. The Labute approximate surface area is 171 Å². The molecule has 1 fully saturated rings. The third kappa shape index (κ3) is 4.81. The van der Waals surface area contributed by atoms with E-state index in [0.29, 0.717) is 17.2 Å². The third-order valence-corrected chi connectivity index (χ3v) is 5.18. The van der Waals surface area contributed by atoms with Gasteiger partial charge in [0.05, 0.1) is 17.9 Å². The lowest BCUT2D eigenvalue weighted by Gasteiger charge is -2.24. The molecule has 0 aliphatic carbocycles. The number of anilines is 1. The summed E-state index contributed by atoms with van der Waals surface area (Å²) in [4.78, 5) is 19.4. The molecule has 0 bridgehead atoms. The number of carbonyl (C=O) groups is 1. The zero-order chi connectivity index (χ0) is 20.1. The van der Waals surface area contributed by atoms with Gasteiger partial charge in [-0.2, -0.15) is 0 Å². The Morgan fingerprint density at radius 2 is 1.97 bits per heavy atom. The summed E-state index contributed by atoms with van der Waals surface area (Å²) >= 11 is 0. The van der Waals surface area contributed by atoms with Crippen molar-refractivity contribution in [3.63, 3.8) is 0 Å². The van der Waals surface area contributed by atoms with Gasteiger partial charge in [0.1, 0.15) is 5.75 Å². The molecule has 2 heterocycles. The first-order valence-electron chi connectivity index (χ1n) is 9.96. The first-order valence-corrected chi connectivity index (χ1v) is 9.96. The molecular formula is C24H25N3O2. The van der Waals surface area contributed by atoms with Crippen LogP contribution in [0, 0.1) is 6.92 Å². The number of benzene rings is 2. The summed E-state index contributed by atoms with van der Waals surface area (Å²) in [5, 5.41) is 3.07. The highest BCUT2D eigenvalue weighted by Gasteiger charge is 2.31. The maximum absolute atomic E-state index is 13.1. The van der Waals surface area contributed by atoms with E-state index in [1.54, 1.807) is 12.4 Å². The average molecular weight is 387 g/mol. The van der Waals surface area contributed by atoms with E-state index < -0.39 is 0 Å². The van der Waals surface area contributed by atoms with E-state index in [2.05, 4.69) is 46.4 Å². The number of pyridine rings is 1. The van der Waals surface area contributed by atoms with Gasteiger partial charge in [-0.15, -0.1) is 0 Å². The highest BCUT2D eigenvalue weighted by atomic mass is 16.5. The monoisotopic (exact) mass is 387 g/mol. The van der Waals surface area contributed by atoms with Gasteiger partial charge in [0.2, 0.25) is 5.91 Å². The van der Waals surface area contributed by atoms with E-state index in [0.717, 1.165) is 25.9 Å². The fourth-order valence-electron chi connectivity index (χ4n) is 3.65. The van der Waals surface area contributed by atoms with Gasteiger partial charge in [-0.3, -0.25) is 14.7 Å². The Bertz CT molecular complexity index is 957. The molecule has 29 heavy (non-hydrogen) atoms. The number of aryl methyl sites for hydroxylation is 1. The number of carbonyl (C=O) groups excluding carboxylic acids is 1. The van der Waals surface area contributed by atoms with Crippen LogP contribution in [0.15, 0.2) is 73.1 Å². The summed E-state index contributed by atoms with van der Waals surface area (Å²) in [5.41, 5.74) is 3.15. The molecule has 2 aromatic carbocycles. The smallest absolute Gasteiger partial charge is 0.241 e. The quantitative estimate of drug-likeness (QED) is 0.661. The number of likely N-dealkylation sites (tertiary alicyclic amines) is 1. The van der Waals surface area contributed by atoms with Crippen LogP contribution in [-0.2, 0) is 11.3 Å². The van der Waals surface area contributed by atoms with Gasteiger partial charge in [-0.05, 0) is 56.1 Å². The van der Waals surface area contributed by atoms with Crippen molar-refractivity contribution in [2.45, 2.75) is 32.4 Å². The number of amides is 1. The van der Waals surface area contributed by atoms with Crippen molar-refractivity contribution >= 4 is 11.6 Å². The standard InChI is InChI=1S/C24H25N3O2/c1-18-10-12-19(13-11-18)17-27-15-5-8-22(27)24(28)26-21-7-2-3-9-23(21)29-20-6-4-14-25-16-20/h2-4,6-7,9-14,16,22H,5,8,15,17H2,1H3,(H,26,28)/t22-/m0/s1. The second-order valence-corrected chi connectivity index (χ2v) is 7.39. The van der Waals surface area contributed by atoms with Gasteiger partial charge >= 0.3 is 0 Å². The van der Waals surface area contributed by atoms with E-state index in [1.165, 1.54) is 11.1 Å². The second kappa shape index (κ2) is 8.88. The molecule has 0 radical (unpaired) electrons. The van der Waals surface area contributed by atoms with Crippen LogP contribution in [0.2, 0.25) is 0 Å². The molecule has 0 saturated carbocycles. The molecule has 1 aromatic heterocycles. The topological polar surface area (TPSA) is 54.5 Å². The molecule has 1 saturated heterocycles. The number of hydrogen-bond donors (Lipinski definition) is 1. The van der Waals surface area contributed by atoms with Crippen LogP contribution in [0.1, 0.15) is 24.0 Å². The first kappa shape index (κ1) is 19.2. The molecule has 3 aromatic rings. The fourth-order valence-corrected chi connectivity index (χ4v) is 3.65. The van der Waals surface area contributed by atoms with Crippen LogP contribution < -0.4 is 10.1 Å². The van der Waals surface area contributed by atoms with Crippen molar-refractivity contribution in [2.75, 3.05) is 11.9 Å². The summed E-state index contributed by atoms with van der Waals surface area (Å²) in [5.74, 6) is 1.25. The van der Waals surface area contributed by atoms with Gasteiger partial charge < -0.3 is 10.1 Å². The van der Waals surface area contributed by atoms with Gasteiger partial charge in [0, 0.05) is 12.7 Å². The fraction of sp³-hybridized carbons (Fsp3) is 0.250. The normalized spacial score (nSPS) is 16.5. The highest BCUT2D eigenvalue weighted by molar-refractivity contribution is 5.96. The lowest BCUT2D eigenvalue weighted by atomic mass is 10.1. The minimum absolute atomic E-state index is 0.0110. The van der Waals surface area contributed by atoms with Crippen molar-refractivity contribution in [3.8, 4) is 11.5 Å². The van der Waals surface area contributed by atoms with Crippen LogP contribution >= 0.6 is 0 Å². The SMILES string of the molecule is Cc1ccc(CN2CCC[C@H]2C(=O)Nc2ccccc2Oc2cccnc2)cc1. The maximum Gasteiger partial charge on any atom is 0.241 e. The van der Waals surface area contributed by atoms with Crippen molar-refractivity contribution in [2.24, 2.45) is 0 Å². The molecule has 1 aliphatic rings. The first-order chi connectivity index (χ1) is 14.2. The Hall–Kier alpha value is -3.18. The van der Waals surface area contributed by atoms with E-state index in [-0.39, 0.29) is 11.9 Å². The minimum atomic E-state index is -0.136. The van der Waals surface area contributed by atoms with Crippen molar-refractivity contribution in [3.05, 3.63) is 84.2 Å². The maximum atomic E-state index is 13.1. The number of nitrogens with one attached hydrogen (secondary N) is 1. The summed E-state index contributed by atoms with van der Waals surface area (Å²) < 4.78 is 5.92. The molecule has 1 aliphatic heterocycles. The zero-order valence-corrected chi connectivity index (χ0v) is 16.5. The highest BCUT2D eigenvalue weighted by Crippen LogP contribution is 2.30. The molecule has 5 heteroatoms. The number of para-hydroxylation sites is 2. The molecule has 0 unspecified atom stereocenters. The van der Waals surface area contributed by atoms with E-state index in [9.17, 15) is 4.79 Å². The number of ether oxygens (including phenoxy) is 1. The van der Waals surface area contributed by atoms with Crippen molar-refractivity contribution in [1.82, 2.24) is 9.88 Å². The van der Waals surface area contributed by atoms with Crippen LogP contribution in [-0.4, -0.2) is 28.4 Å². The number of nitrogens with zero attached hydrogens (tertiary/aromatic N) is 2. The third-order valence-electron chi connectivity index (χ3n) is 5.18. The minimum Gasteiger partial charge on any atom is -0.454 e. The van der Waals surface area contributed by atoms with Crippen molar-refractivity contribution < 1.29 is 9.53 Å². The molecule has 1 N–H and O–H groups in total. The molecule has 5 nitrogen and oxygen atoms in total. The summed E-state index contributed by atoms with van der Waals surface area (Å²) in [7, 11) is 0. The van der Waals surface area contributed by atoms with Gasteiger partial charge in [0.25, 0.3) is 0 Å². The average Bonchev–Trinajstić information content (AvgIpc) is 3.20. The molecule has 148 valence electrons. The Balaban J connectivity index is 1.45. The van der Waals surface area contributed by atoms with Gasteiger partial charge in [0.15, 0.2) is 5.75 Å². The predicted molar refractivity (Wildman–Crippen MR) is 114 cm³/mol. The number of aromatic nitrogens is 1. The van der Waals surface area contributed by atoms with Crippen LogP contribution in [0.4, 0.5) is 5.69 Å². The lowest BCUT2D eigenvalue weighted by Crippen LogP contribution is -2.39.